The highest BCUT2D eigenvalue weighted by Gasteiger charge is 2.40. The highest BCUT2D eigenvalue weighted by molar-refractivity contribution is 6.35. The molecule has 226 valence electrons. The van der Waals surface area contributed by atoms with Crippen molar-refractivity contribution >= 4 is 34.2 Å². The average molecular weight is 615 g/mol. The van der Waals surface area contributed by atoms with Gasteiger partial charge < -0.3 is 19.4 Å². The maximum Gasteiger partial charge on any atom is 0.350 e. The number of hydrogen-bond acceptors (Lipinski definition) is 7. The lowest BCUT2D eigenvalue weighted by molar-refractivity contribution is -0.144. The Morgan fingerprint density at radius 3 is 2.60 bits per heavy atom. The summed E-state index contributed by atoms with van der Waals surface area (Å²) in [7, 11) is 0. The number of carbonyl (C=O) groups is 1. The van der Waals surface area contributed by atoms with Gasteiger partial charge in [0.1, 0.15) is 24.1 Å². The molecule has 0 spiro atoms. The number of nitriles is 1. The summed E-state index contributed by atoms with van der Waals surface area (Å²) in [5.74, 6) is -1.83. The van der Waals surface area contributed by atoms with Crippen LogP contribution in [0.3, 0.4) is 0 Å². The van der Waals surface area contributed by atoms with Crippen LogP contribution in [0.5, 0.6) is 5.75 Å². The van der Waals surface area contributed by atoms with E-state index >= 15 is 4.39 Å². The molecule has 2 fully saturated rings. The lowest BCUT2D eigenvalue weighted by atomic mass is 9.99. The van der Waals surface area contributed by atoms with Crippen LogP contribution >= 0.6 is 11.6 Å². The van der Waals surface area contributed by atoms with Crippen molar-refractivity contribution in [2.45, 2.75) is 44.4 Å². The number of hydrogen-bond donors (Lipinski definition) is 0. The summed E-state index contributed by atoms with van der Waals surface area (Å²) in [4.78, 5) is 36.5. The maximum atomic E-state index is 15.1. The fourth-order valence-electron chi connectivity index (χ4n) is 6.18. The number of alkyl halides is 1. The quantitative estimate of drug-likeness (QED) is 0.408. The molecule has 2 aromatic carbocycles. The van der Waals surface area contributed by atoms with E-state index in [2.05, 4.69) is 16.0 Å². The van der Waals surface area contributed by atoms with Gasteiger partial charge in [0, 0.05) is 48.8 Å². The van der Waals surface area contributed by atoms with Gasteiger partial charge in [0.05, 0.1) is 35.1 Å². The Morgan fingerprint density at radius 1 is 1.19 bits per heavy atom. The van der Waals surface area contributed by atoms with E-state index in [9.17, 15) is 23.6 Å². The van der Waals surface area contributed by atoms with Gasteiger partial charge in [0.15, 0.2) is 11.4 Å². The second kappa shape index (κ2) is 11.0. The first-order valence-corrected chi connectivity index (χ1v) is 14.6. The number of halogens is 4. The summed E-state index contributed by atoms with van der Waals surface area (Å²) < 4.78 is 51.3. The highest BCUT2D eigenvalue weighted by atomic mass is 35.5. The fraction of sp³-hybridized carbons (Fsp3) is 0.467. The number of ether oxygens (including phenoxy) is 1. The zero-order valence-corrected chi connectivity index (χ0v) is 24.5. The van der Waals surface area contributed by atoms with Gasteiger partial charge in [-0.1, -0.05) is 11.6 Å². The van der Waals surface area contributed by atoms with Crippen LogP contribution in [0.4, 0.5) is 19.0 Å². The van der Waals surface area contributed by atoms with Gasteiger partial charge in [-0.15, -0.1) is 0 Å². The Bertz CT molecular complexity index is 1710. The lowest BCUT2D eigenvalue weighted by Gasteiger charge is -2.43. The van der Waals surface area contributed by atoms with Crippen LogP contribution in [0.1, 0.15) is 32.7 Å². The zero-order chi connectivity index (χ0) is 30.6. The van der Waals surface area contributed by atoms with E-state index in [0.29, 0.717) is 17.4 Å². The fourth-order valence-corrected chi connectivity index (χ4v) is 6.47. The third-order valence-corrected chi connectivity index (χ3v) is 8.68. The van der Waals surface area contributed by atoms with Crippen LogP contribution in [0, 0.1) is 23.0 Å². The van der Waals surface area contributed by atoms with Crippen molar-refractivity contribution in [3.05, 3.63) is 51.4 Å². The van der Waals surface area contributed by atoms with Crippen LogP contribution in [0.2, 0.25) is 5.02 Å². The number of rotatable bonds is 6. The van der Waals surface area contributed by atoms with Gasteiger partial charge in [-0.2, -0.15) is 10.2 Å². The van der Waals surface area contributed by atoms with Gasteiger partial charge in [-0.25, -0.2) is 18.0 Å². The molecule has 1 aromatic heterocycles. The lowest BCUT2D eigenvalue weighted by Crippen LogP contribution is -2.58. The summed E-state index contributed by atoms with van der Waals surface area (Å²) in [6.07, 6.45) is 1.02. The first-order chi connectivity index (χ1) is 20.5. The third-order valence-electron chi connectivity index (χ3n) is 8.38. The molecule has 0 aliphatic carbocycles. The van der Waals surface area contributed by atoms with Crippen LogP contribution in [-0.2, 0) is 4.79 Å². The molecule has 0 saturated carbocycles. The largest absolute Gasteiger partial charge is 0.488 e. The molecule has 3 aromatic rings. The number of amides is 1. The van der Waals surface area contributed by atoms with Crippen molar-refractivity contribution in [1.29, 1.82) is 5.26 Å². The van der Waals surface area contributed by atoms with Gasteiger partial charge in [-0.05, 0) is 51.6 Å². The average Bonchev–Trinajstić information content (AvgIpc) is 2.92. The molecule has 4 heterocycles. The number of piperazine rings is 1. The minimum absolute atomic E-state index is 0.0249. The molecule has 0 N–H and O–H groups in total. The molecule has 2 saturated heterocycles. The number of anilines is 1. The van der Waals surface area contributed by atoms with E-state index in [4.69, 9.17) is 16.3 Å². The number of carbonyl (C=O) groups excluding carboxylic acids is 1. The summed E-state index contributed by atoms with van der Waals surface area (Å²) >= 11 is 6.79. The molecule has 2 atom stereocenters. The van der Waals surface area contributed by atoms with Crippen LogP contribution in [0.25, 0.3) is 22.0 Å². The van der Waals surface area contributed by atoms with Gasteiger partial charge in [0.25, 0.3) is 5.91 Å². The van der Waals surface area contributed by atoms with Crippen molar-refractivity contribution in [3.8, 4) is 22.9 Å². The summed E-state index contributed by atoms with van der Waals surface area (Å²) in [6.45, 7) is 5.30. The van der Waals surface area contributed by atoms with E-state index in [1.165, 1.54) is 24.8 Å². The Hall–Kier alpha value is -3.82. The summed E-state index contributed by atoms with van der Waals surface area (Å²) in [5.41, 5.74) is -2.05. The third kappa shape index (κ3) is 5.18. The highest BCUT2D eigenvalue weighted by Crippen LogP contribution is 2.47. The Kier molecular flexibility index (Phi) is 7.50. The van der Waals surface area contributed by atoms with Gasteiger partial charge >= 0.3 is 5.69 Å². The molecule has 3 aliphatic rings. The standard InChI is InChI=1S/C30H30ClF3N6O3/c1-30(2,34)28(41)39-11-10-38(15-18(39)6-7-35)27-21-13-22(31)24(20-5-4-17(32)12-23(20)33)26-25(21)40(29(42)36-27)19(16-43-26)14-37-8-3-9-37/h4-5,12-13,18-19H,3,6,8-11,14-16H2,1-2H3/t18-,19?/m0/s1. The predicted octanol–water partition coefficient (Wildman–Crippen LogP) is 4.31. The van der Waals surface area contributed by atoms with Crippen molar-refractivity contribution < 1.29 is 22.7 Å². The molecule has 43 heavy (non-hydrogen) atoms. The molecule has 0 bridgehead atoms. The van der Waals surface area contributed by atoms with Crippen molar-refractivity contribution in [2.75, 3.05) is 50.8 Å². The molecule has 13 heteroatoms. The molecule has 0 radical (unpaired) electrons. The first kappa shape index (κ1) is 29.3. The van der Waals surface area contributed by atoms with E-state index in [-0.39, 0.29) is 66.4 Å². The van der Waals surface area contributed by atoms with Crippen molar-refractivity contribution in [1.82, 2.24) is 19.4 Å². The second-order valence-corrected chi connectivity index (χ2v) is 12.1. The smallest absolute Gasteiger partial charge is 0.350 e. The molecule has 9 nitrogen and oxygen atoms in total. The molecule has 1 unspecified atom stereocenters. The maximum absolute atomic E-state index is 15.1. The van der Waals surface area contributed by atoms with Crippen molar-refractivity contribution in [3.63, 3.8) is 0 Å². The number of benzene rings is 2. The zero-order valence-electron chi connectivity index (χ0n) is 23.7. The van der Waals surface area contributed by atoms with Crippen molar-refractivity contribution in [2.24, 2.45) is 0 Å². The molecule has 6 rings (SSSR count). The SMILES string of the molecule is CC(C)(F)C(=O)N1CCN(c2nc(=O)n3c4c(c(-c5ccc(F)cc5F)c(Cl)cc24)OCC3CN2CCC2)C[C@@H]1CC#N. The monoisotopic (exact) mass is 614 g/mol. The van der Waals surface area contributed by atoms with E-state index in [0.717, 1.165) is 31.6 Å². The Balaban J connectivity index is 1.51. The predicted molar refractivity (Wildman–Crippen MR) is 155 cm³/mol. The van der Waals surface area contributed by atoms with Crippen LogP contribution in [0.15, 0.2) is 29.1 Å². The normalized spacial score (nSPS) is 20.5. The number of nitrogens with zero attached hydrogens (tertiary/aromatic N) is 6. The molecular weight excluding hydrogens is 585 g/mol. The minimum atomic E-state index is -2.12. The van der Waals surface area contributed by atoms with E-state index in [1.807, 2.05) is 0 Å². The Labute approximate surface area is 251 Å². The molecular formula is C30H30ClF3N6O3. The molecule has 3 aliphatic heterocycles. The second-order valence-electron chi connectivity index (χ2n) is 11.7. The summed E-state index contributed by atoms with van der Waals surface area (Å²) in [5, 5.41) is 10.1. The number of aromatic nitrogens is 2. The van der Waals surface area contributed by atoms with Gasteiger partial charge in [0.2, 0.25) is 0 Å². The Morgan fingerprint density at radius 2 is 1.95 bits per heavy atom. The van der Waals surface area contributed by atoms with E-state index in [1.54, 1.807) is 15.5 Å². The first-order valence-electron chi connectivity index (χ1n) is 14.2. The topological polar surface area (TPSA) is 94.7 Å². The minimum Gasteiger partial charge on any atom is -0.488 e. The van der Waals surface area contributed by atoms with E-state index < -0.39 is 34.9 Å². The number of likely N-dealkylation sites (tertiary alicyclic amines) is 1. The van der Waals surface area contributed by atoms with Crippen LogP contribution < -0.4 is 15.3 Å². The van der Waals surface area contributed by atoms with Crippen LogP contribution in [-0.4, -0.2) is 82.8 Å². The molecule has 1 amide bonds. The summed E-state index contributed by atoms with van der Waals surface area (Å²) in [6, 6.07) is 5.81. The van der Waals surface area contributed by atoms with Gasteiger partial charge in [-0.3, -0.25) is 9.36 Å².